The monoisotopic (exact) mass is 278 g/mol. The molecule has 7 heteroatoms. The van der Waals surface area contributed by atoms with Crippen molar-refractivity contribution in [1.29, 1.82) is 0 Å². The molecule has 0 fully saturated rings. The summed E-state index contributed by atoms with van der Waals surface area (Å²) < 4.78 is 48.9. The summed E-state index contributed by atoms with van der Waals surface area (Å²) >= 11 is 0. The summed E-state index contributed by atoms with van der Waals surface area (Å²) in [4.78, 5) is 0. The van der Waals surface area contributed by atoms with E-state index in [9.17, 15) is 17.2 Å². The van der Waals surface area contributed by atoms with Crippen molar-refractivity contribution in [3.05, 3.63) is 35.4 Å². The summed E-state index contributed by atoms with van der Waals surface area (Å²) in [5.41, 5.74) is 2.15. The normalized spacial score (nSPS) is 13.6. The Morgan fingerprint density at radius 3 is 2.33 bits per heavy atom. The molecule has 1 atom stereocenters. The van der Waals surface area contributed by atoms with Gasteiger partial charge >= 0.3 is 0 Å². The molecule has 1 aromatic carbocycles. The Morgan fingerprint density at radius 2 is 1.89 bits per heavy atom. The molecule has 0 aliphatic rings. The van der Waals surface area contributed by atoms with Gasteiger partial charge in [0.1, 0.15) is 21.5 Å². The van der Waals surface area contributed by atoms with E-state index in [2.05, 4.69) is 5.43 Å². The molecule has 0 radical (unpaired) electrons. The standard InChI is InChI=1S/C11H16F2N2O2S/c1-18(16,17)7-3-6-10(15-14)11-8(12)4-2-5-9(11)13/h2,4-5,10,15H,3,6-7,14H2,1H3. The maximum Gasteiger partial charge on any atom is 0.147 e. The number of rotatable bonds is 6. The van der Waals surface area contributed by atoms with Crippen molar-refractivity contribution in [2.75, 3.05) is 12.0 Å². The first-order chi connectivity index (χ1) is 8.35. The van der Waals surface area contributed by atoms with Gasteiger partial charge in [-0.3, -0.25) is 11.3 Å². The van der Waals surface area contributed by atoms with E-state index in [4.69, 9.17) is 5.84 Å². The molecular weight excluding hydrogens is 262 g/mol. The smallest absolute Gasteiger partial charge is 0.147 e. The fraction of sp³-hybridized carbons (Fsp3) is 0.455. The molecule has 1 unspecified atom stereocenters. The Labute approximate surface area is 105 Å². The van der Waals surface area contributed by atoms with Crippen LogP contribution in [0.5, 0.6) is 0 Å². The molecule has 0 amide bonds. The van der Waals surface area contributed by atoms with Crippen molar-refractivity contribution in [2.24, 2.45) is 5.84 Å². The van der Waals surface area contributed by atoms with Crippen LogP contribution in [-0.2, 0) is 9.84 Å². The van der Waals surface area contributed by atoms with Crippen LogP contribution in [0.25, 0.3) is 0 Å². The maximum absolute atomic E-state index is 13.5. The quantitative estimate of drug-likeness (QED) is 0.607. The fourth-order valence-electron chi connectivity index (χ4n) is 1.70. The highest BCUT2D eigenvalue weighted by Gasteiger charge is 2.19. The van der Waals surface area contributed by atoms with Crippen LogP contribution < -0.4 is 11.3 Å². The SMILES string of the molecule is CS(=O)(=O)CCCC(NN)c1c(F)cccc1F. The predicted molar refractivity (Wildman–Crippen MR) is 65.4 cm³/mol. The zero-order chi connectivity index (χ0) is 13.8. The van der Waals surface area contributed by atoms with E-state index in [0.717, 1.165) is 18.4 Å². The molecule has 18 heavy (non-hydrogen) atoms. The van der Waals surface area contributed by atoms with E-state index < -0.39 is 27.5 Å². The average Bonchev–Trinajstić information content (AvgIpc) is 2.25. The largest absolute Gasteiger partial charge is 0.271 e. The van der Waals surface area contributed by atoms with E-state index in [1.807, 2.05) is 0 Å². The molecule has 0 spiro atoms. The first-order valence-corrected chi connectivity index (χ1v) is 7.49. The lowest BCUT2D eigenvalue weighted by molar-refractivity contribution is 0.450. The molecule has 0 aliphatic carbocycles. The lowest BCUT2D eigenvalue weighted by Gasteiger charge is -2.17. The minimum absolute atomic E-state index is 0.0404. The van der Waals surface area contributed by atoms with Gasteiger partial charge in [0, 0.05) is 17.6 Å². The number of nitrogens with two attached hydrogens (primary N) is 1. The van der Waals surface area contributed by atoms with Crippen LogP contribution in [0.3, 0.4) is 0 Å². The molecule has 0 heterocycles. The van der Waals surface area contributed by atoms with Crippen molar-refractivity contribution in [3.63, 3.8) is 0 Å². The van der Waals surface area contributed by atoms with E-state index in [1.165, 1.54) is 6.07 Å². The van der Waals surface area contributed by atoms with Crippen molar-refractivity contribution in [2.45, 2.75) is 18.9 Å². The van der Waals surface area contributed by atoms with Gasteiger partial charge in [0.05, 0.1) is 6.04 Å². The van der Waals surface area contributed by atoms with Gasteiger partial charge in [0.2, 0.25) is 0 Å². The summed E-state index contributed by atoms with van der Waals surface area (Å²) in [7, 11) is -3.09. The van der Waals surface area contributed by atoms with Crippen LogP contribution >= 0.6 is 0 Å². The van der Waals surface area contributed by atoms with Gasteiger partial charge < -0.3 is 0 Å². The highest BCUT2D eigenvalue weighted by atomic mass is 32.2. The van der Waals surface area contributed by atoms with Gasteiger partial charge in [-0.2, -0.15) is 0 Å². The fourth-order valence-corrected chi connectivity index (χ4v) is 2.40. The summed E-state index contributed by atoms with van der Waals surface area (Å²) in [6.45, 7) is 0. The second-order valence-corrected chi connectivity index (χ2v) is 6.39. The number of hydrogen-bond acceptors (Lipinski definition) is 4. The Hall–Kier alpha value is -1.05. The zero-order valence-electron chi connectivity index (χ0n) is 9.99. The van der Waals surface area contributed by atoms with E-state index >= 15 is 0 Å². The van der Waals surface area contributed by atoms with Crippen LogP contribution in [0.1, 0.15) is 24.4 Å². The predicted octanol–water partition coefficient (Wildman–Crippen LogP) is 1.29. The van der Waals surface area contributed by atoms with Crippen molar-refractivity contribution in [3.8, 4) is 0 Å². The van der Waals surface area contributed by atoms with Crippen molar-refractivity contribution >= 4 is 9.84 Å². The minimum atomic E-state index is -3.09. The Kier molecular flexibility index (Phi) is 5.18. The molecule has 1 rings (SSSR count). The summed E-state index contributed by atoms with van der Waals surface area (Å²) in [6.07, 6.45) is 1.63. The number of benzene rings is 1. The molecule has 1 aromatic rings. The second-order valence-electron chi connectivity index (χ2n) is 4.13. The van der Waals surface area contributed by atoms with Crippen LogP contribution in [0.15, 0.2) is 18.2 Å². The molecule has 0 aromatic heterocycles. The van der Waals surface area contributed by atoms with Crippen molar-refractivity contribution in [1.82, 2.24) is 5.43 Å². The van der Waals surface area contributed by atoms with Crippen LogP contribution in [0, 0.1) is 11.6 Å². The molecule has 0 saturated heterocycles. The lowest BCUT2D eigenvalue weighted by Crippen LogP contribution is -2.30. The third-order valence-electron chi connectivity index (χ3n) is 2.56. The Morgan fingerprint density at radius 1 is 1.33 bits per heavy atom. The summed E-state index contributed by atoms with van der Waals surface area (Å²) in [5.74, 6) is 3.83. The van der Waals surface area contributed by atoms with Crippen LogP contribution in [0.4, 0.5) is 8.78 Å². The van der Waals surface area contributed by atoms with Crippen molar-refractivity contribution < 1.29 is 17.2 Å². The molecule has 102 valence electrons. The van der Waals surface area contributed by atoms with Gasteiger partial charge in [-0.1, -0.05) is 6.07 Å². The topological polar surface area (TPSA) is 72.2 Å². The number of halogens is 2. The molecule has 4 nitrogen and oxygen atoms in total. The summed E-state index contributed by atoms with van der Waals surface area (Å²) in [6, 6.07) is 2.80. The van der Waals surface area contributed by atoms with Gasteiger partial charge in [0.15, 0.2) is 0 Å². The van der Waals surface area contributed by atoms with E-state index in [0.29, 0.717) is 0 Å². The number of sulfone groups is 1. The maximum atomic E-state index is 13.5. The van der Waals surface area contributed by atoms with Crippen LogP contribution in [0.2, 0.25) is 0 Å². The molecule has 3 N–H and O–H groups in total. The van der Waals surface area contributed by atoms with E-state index in [-0.39, 0.29) is 24.2 Å². The number of hydrazine groups is 1. The number of nitrogens with one attached hydrogen (secondary N) is 1. The Balaban J connectivity index is 2.78. The molecule has 0 bridgehead atoms. The van der Waals surface area contributed by atoms with E-state index in [1.54, 1.807) is 0 Å². The van der Waals surface area contributed by atoms with Gasteiger partial charge in [-0.15, -0.1) is 0 Å². The van der Waals surface area contributed by atoms with Gasteiger partial charge in [-0.25, -0.2) is 17.2 Å². The lowest BCUT2D eigenvalue weighted by atomic mass is 10.0. The van der Waals surface area contributed by atoms with Gasteiger partial charge in [0.25, 0.3) is 0 Å². The minimum Gasteiger partial charge on any atom is -0.271 e. The third kappa shape index (κ3) is 4.32. The first-order valence-electron chi connectivity index (χ1n) is 5.43. The molecule has 0 saturated carbocycles. The van der Waals surface area contributed by atoms with Gasteiger partial charge in [-0.05, 0) is 25.0 Å². The number of hydrogen-bond donors (Lipinski definition) is 2. The summed E-state index contributed by atoms with van der Waals surface area (Å²) in [5, 5.41) is 0. The third-order valence-corrected chi connectivity index (χ3v) is 3.59. The highest BCUT2D eigenvalue weighted by molar-refractivity contribution is 7.90. The molecular formula is C11H16F2N2O2S. The Bertz CT molecular complexity index is 486. The molecule has 0 aliphatic heterocycles. The first kappa shape index (κ1) is 15.0. The average molecular weight is 278 g/mol. The highest BCUT2D eigenvalue weighted by Crippen LogP contribution is 2.23. The zero-order valence-corrected chi connectivity index (χ0v) is 10.8. The van der Waals surface area contributed by atoms with Crippen LogP contribution in [-0.4, -0.2) is 20.4 Å². The second kappa shape index (κ2) is 6.21.